The fourth-order valence-corrected chi connectivity index (χ4v) is 4.51. The van der Waals surface area contributed by atoms with Crippen LogP contribution in [-0.4, -0.2) is 29.1 Å². The van der Waals surface area contributed by atoms with E-state index in [0.29, 0.717) is 17.2 Å². The lowest BCUT2D eigenvalue weighted by molar-refractivity contribution is -0.114. The molecule has 2 unspecified atom stereocenters. The largest absolute Gasteiger partial charge is 0.394 e. The van der Waals surface area contributed by atoms with E-state index in [1.807, 2.05) is 6.92 Å². The average molecular weight is 346 g/mol. The highest BCUT2D eigenvalue weighted by Crippen LogP contribution is 2.43. The first-order valence-electron chi connectivity index (χ1n) is 8.88. The Labute approximate surface area is 150 Å². The molecule has 5 heteroatoms. The molecule has 0 heterocycles. The molecule has 1 aliphatic carbocycles. The minimum atomic E-state index is -0.602. The number of amides is 2. The number of carbonyl (C=O) groups is 2. The summed E-state index contributed by atoms with van der Waals surface area (Å²) < 4.78 is 0. The van der Waals surface area contributed by atoms with Gasteiger partial charge >= 0.3 is 0 Å². The fraction of sp³-hybridized carbons (Fsp3) is 0.600. The van der Waals surface area contributed by atoms with Crippen molar-refractivity contribution in [1.82, 2.24) is 5.32 Å². The second kappa shape index (κ2) is 7.16. The number of aliphatic hydroxyl groups excluding tert-OH is 1. The minimum Gasteiger partial charge on any atom is -0.394 e. The summed E-state index contributed by atoms with van der Waals surface area (Å²) in [4.78, 5) is 24.2. The van der Waals surface area contributed by atoms with E-state index in [2.05, 4.69) is 31.4 Å². The number of nitrogens with one attached hydrogen (secondary N) is 2. The average Bonchev–Trinajstić information content (AvgIpc) is 2.46. The van der Waals surface area contributed by atoms with Crippen LogP contribution in [0, 0.1) is 18.3 Å². The normalized spacial score (nSPS) is 25.3. The van der Waals surface area contributed by atoms with E-state index in [1.54, 1.807) is 18.2 Å². The van der Waals surface area contributed by atoms with Gasteiger partial charge in [-0.25, -0.2) is 0 Å². The van der Waals surface area contributed by atoms with Gasteiger partial charge in [0.25, 0.3) is 5.91 Å². The second-order valence-electron chi connectivity index (χ2n) is 8.41. The molecule has 0 bridgehead atoms. The molecule has 2 amide bonds. The van der Waals surface area contributed by atoms with Crippen LogP contribution in [0.2, 0.25) is 0 Å². The third kappa shape index (κ3) is 4.60. The molecule has 0 radical (unpaired) electrons. The van der Waals surface area contributed by atoms with Crippen LogP contribution in [0.15, 0.2) is 18.2 Å². The lowest BCUT2D eigenvalue weighted by Gasteiger charge is -2.47. The molecule has 1 aromatic rings. The Morgan fingerprint density at radius 3 is 2.52 bits per heavy atom. The van der Waals surface area contributed by atoms with Crippen LogP contribution >= 0.6 is 0 Å². The molecule has 1 saturated carbocycles. The van der Waals surface area contributed by atoms with Crippen LogP contribution in [0.5, 0.6) is 0 Å². The molecule has 2 rings (SSSR count). The van der Waals surface area contributed by atoms with E-state index in [1.165, 1.54) is 6.92 Å². The van der Waals surface area contributed by atoms with Crippen molar-refractivity contribution in [3.63, 3.8) is 0 Å². The molecule has 1 aromatic carbocycles. The third-order valence-electron chi connectivity index (χ3n) is 5.03. The van der Waals surface area contributed by atoms with E-state index < -0.39 is 5.54 Å². The van der Waals surface area contributed by atoms with Gasteiger partial charge in [0.2, 0.25) is 5.91 Å². The zero-order valence-corrected chi connectivity index (χ0v) is 15.9. The lowest BCUT2D eigenvalue weighted by atomic mass is 9.64. The summed E-state index contributed by atoms with van der Waals surface area (Å²) in [5.74, 6) is 0.0574. The smallest absolute Gasteiger partial charge is 0.252 e. The summed E-state index contributed by atoms with van der Waals surface area (Å²) in [6.07, 6.45) is 2.60. The van der Waals surface area contributed by atoms with E-state index >= 15 is 0 Å². The third-order valence-corrected chi connectivity index (χ3v) is 5.03. The Morgan fingerprint density at radius 1 is 1.28 bits per heavy atom. The molecule has 25 heavy (non-hydrogen) atoms. The van der Waals surface area contributed by atoms with Gasteiger partial charge in [-0.2, -0.15) is 0 Å². The van der Waals surface area contributed by atoms with Gasteiger partial charge in [0.1, 0.15) is 0 Å². The molecule has 1 aliphatic rings. The molecule has 138 valence electrons. The van der Waals surface area contributed by atoms with Crippen LogP contribution in [0.1, 0.15) is 62.9 Å². The number of benzene rings is 1. The topological polar surface area (TPSA) is 78.4 Å². The van der Waals surface area contributed by atoms with Crippen molar-refractivity contribution in [1.29, 1.82) is 0 Å². The van der Waals surface area contributed by atoms with Gasteiger partial charge in [0.15, 0.2) is 0 Å². The van der Waals surface area contributed by atoms with Gasteiger partial charge in [-0.1, -0.05) is 26.8 Å². The van der Waals surface area contributed by atoms with Crippen molar-refractivity contribution in [3.8, 4) is 0 Å². The number of anilines is 1. The fourth-order valence-electron chi connectivity index (χ4n) is 4.51. The Hall–Kier alpha value is -1.88. The van der Waals surface area contributed by atoms with Gasteiger partial charge < -0.3 is 15.7 Å². The number of carbonyl (C=O) groups excluding carboxylic acids is 2. The van der Waals surface area contributed by atoms with Crippen molar-refractivity contribution in [2.75, 3.05) is 11.9 Å². The first kappa shape index (κ1) is 19.4. The summed E-state index contributed by atoms with van der Waals surface area (Å²) in [5, 5.41) is 15.9. The Bertz CT molecular complexity index is 669. The predicted molar refractivity (Wildman–Crippen MR) is 99.6 cm³/mol. The van der Waals surface area contributed by atoms with Crippen LogP contribution in [0.4, 0.5) is 5.69 Å². The summed E-state index contributed by atoms with van der Waals surface area (Å²) >= 11 is 0. The summed E-state index contributed by atoms with van der Waals surface area (Å²) in [5.41, 5.74) is 1.35. The van der Waals surface area contributed by atoms with Crippen molar-refractivity contribution >= 4 is 17.5 Å². The van der Waals surface area contributed by atoms with E-state index in [-0.39, 0.29) is 23.8 Å². The maximum atomic E-state index is 12.9. The Kier molecular flexibility index (Phi) is 5.57. The van der Waals surface area contributed by atoms with Crippen LogP contribution in [-0.2, 0) is 4.79 Å². The first-order chi connectivity index (χ1) is 11.6. The van der Waals surface area contributed by atoms with Crippen LogP contribution in [0.25, 0.3) is 0 Å². The van der Waals surface area contributed by atoms with E-state index in [0.717, 1.165) is 24.8 Å². The van der Waals surface area contributed by atoms with E-state index in [4.69, 9.17) is 0 Å². The van der Waals surface area contributed by atoms with Gasteiger partial charge in [0, 0.05) is 18.2 Å². The summed E-state index contributed by atoms with van der Waals surface area (Å²) in [6, 6.07) is 5.28. The Morgan fingerprint density at radius 2 is 1.96 bits per heavy atom. The quantitative estimate of drug-likeness (QED) is 0.783. The molecular weight excluding hydrogens is 316 g/mol. The van der Waals surface area contributed by atoms with Gasteiger partial charge in [0.05, 0.1) is 12.1 Å². The molecule has 5 nitrogen and oxygen atoms in total. The lowest BCUT2D eigenvalue weighted by Crippen LogP contribution is -2.57. The van der Waals surface area contributed by atoms with Gasteiger partial charge in [-0.15, -0.1) is 0 Å². The first-order valence-corrected chi connectivity index (χ1v) is 8.88. The van der Waals surface area contributed by atoms with Crippen molar-refractivity contribution in [3.05, 3.63) is 29.3 Å². The molecule has 0 spiro atoms. The standard InChI is InChI=1S/C20H30N2O3/c1-13-9-19(4,5)11-20(10-13,12-23)22-18(25)16-7-6-8-17(14(16)2)21-15(3)24/h6-8,13,23H,9-12H2,1-5H3,(H,21,24)(H,22,25). The molecule has 1 fully saturated rings. The van der Waals surface area contributed by atoms with Crippen LogP contribution < -0.4 is 10.6 Å². The minimum absolute atomic E-state index is 0.0702. The highest BCUT2D eigenvalue weighted by Gasteiger charge is 2.43. The monoisotopic (exact) mass is 346 g/mol. The highest BCUT2D eigenvalue weighted by molar-refractivity contribution is 5.99. The molecule has 0 aromatic heterocycles. The summed E-state index contributed by atoms with van der Waals surface area (Å²) in [7, 11) is 0. The van der Waals surface area contributed by atoms with Gasteiger partial charge in [-0.3, -0.25) is 9.59 Å². The molecular formula is C20H30N2O3. The predicted octanol–water partition coefficient (Wildman–Crippen LogP) is 3.26. The van der Waals surface area contributed by atoms with Gasteiger partial charge in [-0.05, 0) is 55.2 Å². The number of hydrogen-bond acceptors (Lipinski definition) is 3. The number of rotatable bonds is 4. The second-order valence-corrected chi connectivity index (χ2v) is 8.41. The van der Waals surface area contributed by atoms with Crippen molar-refractivity contribution in [2.45, 2.75) is 59.4 Å². The maximum Gasteiger partial charge on any atom is 0.252 e. The highest BCUT2D eigenvalue weighted by atomic mass is 16.3. The molecule has 0 saturated heterocycles. The summed E-state index contributed by atoms with van der Waals surface area (Å²) in [6.45, 7) is 9.72. The zero-order valence-electron chi connectivity index (χ0n) is 15.9. The van der Waals surface area contributed by atoms with Crippen molar-refractivity contribution < 1.29 is 14.7 Å². The van der Waals surface area contributed by atoms with Crippen LogP contribution in [0.3, 0.4) is 0 Å². The molecule has 2 atom stereocenters. The number of aliphatic hydroxyl groups is 1. The SMILES string of the molecule is CC(=O)Nc1cccc(C(=O)NC2(CO)CC(C)CC(C)(C)C2)c1C. The molecule has 3 N–H and O–H groups in total. The Balaban J connectivity index is 2.27. The zero-order chi connectivity index (χ0) is 18.8. The molecule has 0 aliphatic heterocycles. The number of hydrogen-bond donors (Lipinski definition) is 3. The van der Waals surface area contributed by atoms with Crippen molar-refractivity contribution in [2.24, 2.45) is 11.3 Å². The van der Waals surface area contributed by atoms with E-state index in [9.17, 15) is 14.7 Å². The maximum absolute atomic E-state index is 12.9.